The monoisotopic (exact) mass is 486 g/mol. The lowest BCUT2D eigenvalue weighted by atomic mass is 9.98. The molecule has 5 atom stereocenters. The average Bonchev–Trinajstić information content (AvgIpc) is 3.31. The summed E-state index contributed by atoms with van der Waals surface area (Å²) in [7, 11) is 7.13. The predicted molar refractivity (Wildman–Crippen MR) is 130 cm³/mol. The second kappa shape index (κ2) is 11.2. The van der Waals surface area contributed by atoms with E-state index in [2.05, 4.69) is 0 Å². The summed E-state index contributed by atoms with van der Waals surface area (Å²) in [4.78, 5) is 18.8. The van der Waals surface area contributed by atoms with Crippen molar-refractivity contribution in [3.8, 4) is 11.5 Å². The Hall–Kier alpha value is -2.59. The zero-order chi connectivity index (χ0) is 24.1. The topological polar surface area (TPSA) is 78.8 Å². The molecule has 34 heavy (non-hydrogen) atoms. The Bertz CT molecular complexity index is 982. The molecule has 2 aliphatic rings. The van der Waals surface area contributed by atoms with Crippen molar-refractivity contribution in [3.63, 3.8) is 0 Å². The molecule has 0 aromatic heterocycles. The minimum atomic E-state index is -0.760. The maximum Gasteiger partial charge on any atom is 0.161 e. The smallest absolute Gasteiger partial charge is 0.161 e. The minimum Gasteiger partial charge on any atom is -0.497 e. The van der Waals surface area contributed by atoms with Crippen molar-refractivity contribution in [2.24, 2.45) is 4.99 Å². The molecular formula is C25H30N2O6S. The lowest BCUT2D eigenvalue weighted by Gasteiger charge is -2.40. The van der Waals surface area contributed by atoms with Crippen molar-refractivity contribution in [3.05, 3.63) is 59.7 Å². The van der Waals surface area contributed by atoms with Crippen molar-refractivity contribution in [2.45, 2.75) is 43.0 Å². The van der Waals surface area contributed by atoms with E-state index in [-0.39, 0.29) is 11.5 Å². The second-order valence-corrected chi connectivity index (χ2v) is 9.33. The van der Waals surface area contributed by atoms with Gasteiger partial charge in [0, 0.05) is 14.1 Å². The number of thioether (sulfide) groups is 1. The number of carbonyl (C=O) groups excluding carboxylic acids is 1. The molecule has 182 valence electrons. The van der Waals surface area contributed by atoms with E-state index in [0.717, 1.165) is 34.1 Å². The van der Waals surface area contributed by atoms with Gasteiger partial charge < -0.3 is 33.4 Å². The third-order valence-corrected chi connectivity index (χ3v) is 7.06. The van der Waals surface area contributed by atoms with E-state index in [1.54, 1.807) is 14.2 Å². The number of hydrogen-bond acceptors (Lipinski definition) is 9. The molecule has 0 bridgehead atoms. The molecule has 0 unspecified atom stereocenters. The molecule has 2 aliphatic heterocycles. The van der Waals surface area contributed by atoms with Gasteiger partial charge in [0.2, 0.25) is 0 Å². The fourth-order valence-corrected chi connectivity index (χ4v) is 5.02. The summed E-state index contributed by atoms with van der Waals surface area (Å²) in [5.74, 6) is 1.55. The van der Waals surface area contributed by atoms with E-state index < -0.39 is 18.3 Å². The molecule has 0 amide bonds. The number of ether oxygens (including phenoxy) is 5. The molecular weight excluding hydrogens is 456 g/mol. The first-order chi connectivity index (χ1) is 16.5. The molecule has 8 nitrogen and oxygen atoms in total. The van der Waals surface area contributed by atoms with Crippen LogP contribution in [0.4, 0.5) is 0 Å². The number of aliphatic imine (C=N–C) groups is 1. The minimum absolute atomic E-state index is 0.294. The van der Waals surface area contributed by atoms with E-state index in [0.29, 0.717) is 13.2 Å². The third-order valence-electron chi connectivity index (χ3n) is 5.76. The fraction of sp³-hybridized carbons (Fsp3) is 0.440. The molecule has 1 saturated heterocycles. The number of rotatable bonds is 9. The number of methoxy groups -OCH3 is 2. The molecule has 2 heterocycles. The molecule has 1 fully saturated rings. The van der Waals surface area contributed by atoms with Gasteiger partial charge in [-0.25, -0.2) is 0 Å². The third kappa shape index (κ3) is 5.55. The zero-order valence-electron chi connectivity index (χ0n) is 19.7. The Morgan fingerprint density at radius 1 is 0.912 bits per heavy atom. The standard InChI is InChI=1S/C25H30N2O6S/c1-27(2)25-26-21-23(32-15-17-7-11-19(30-4)12-8-17)22(20(13-28)33-24(21)34-25)31-14-16-5-9-18(29-3)10-6-16/h5-13,20-24H,14-15H2,1-4H3/t20-,21+,22+,23+,24+/m0/s1. The van der Waals surface area contributed by atoms with Crippen molar-refractivity contribution in [1.82, 2.24) is 4.90 Å². The van der Waals surface area contributed by atoms with Gasteiger partial charge >= 0.3 is 0 Å². The van der Waals surface area contributed by atoms with Gasteiger partial charge in [0.25, 0.3) is 0 Å². The lowest BCUT2D eigenvalue weighted by Crippen LogP contribution is -2.57. The van der Waals surface area contributed by atoms with E-state index in [1.165, 1.54) is 11.8 Å². The van der Waals surface area contributed by atoms with Crippen LogP contribution in [0.15, 0.2) is 53.5 Å². The number of benzene rings is 2. The van der Waals surface area contributed by atoms with E-state index in [1.807, 2.05) is 67.5 Å². The Morgan fingerprint density at radius 2 is 1.44 bits per heavy atom. The molecule has 2 aromatic carbocycles. The van der Waals surface area contributed by atoms with Crippen LogP contribution in [0.1, 0.15) is 11.1 Å². The zero-order valence-corrected chi connectivity index (χ0v) is 20.6. The van der Waals surface area contributed by atoms with Gasteiger partial charge in [-0.15, -0.1) is 0 Å². The van der Waals surface area contributed by atoms with Crippen LogP contribution in [0.25, 0.3) is 0 Å². The normalized spacial score (nSPS) is 25.9. The average molecular weight is 487 g/mol. The van der Waals surface area contributed by atoms with Gasteiger partial charge in [-0.3, -0.25) is 4.99 Å². The van der Waals surface area contributed by atoms with Crippen LogP contribution in [0.2, 0.25) is 0 Å². The summed E-state index contributed by atoms with van der Waals surface area (Å²) in [6, 6.07) is 15.0. The number of fused-ring (bicyclic) bond motifs is 1. The largest absolute Gasteiger partial charge is 0.497 e. The highest BCUT2D eigenvalue weighted by atomic mass is 32.2. The molecule has 2 aromatic rings. The van der Waals surface area contributed by atoms with Crippen LogP contribution in [-0.2, 0) is 32.2 Å². The maximum atomic E-state index is 12.0. The molecule has 0 radical (unpaired) electrons. The van der Waals surface area contributed by atoms with Crippen molar-refractivity contribution < 1.29 is 28.5 Å². The van der Waals surface area contributed by atoms with Gasteiger partial charge in [0.15, 0.2) is 11.5 Å². The van der Waals surface area contributed by atoms with Crippen LogP contribution < -0.4 is 9.47 Å². The molecule has 0 N–H and O–H groups in total. The van der Waals surface area contributed by atoms with E-state index >= 15 is 0 Å². The fourth-order valence-electron chi connectivity index (χ4n) is 3.88. The van der Waals surface area contributed by atoms with Crippen molar-refractivity contribution >= 4 is 23.2 Å². The summed E-state index contributed by atoms with van der Waals surface area (Å²) in [6.07, 6.45) is -1.03. The number of hydrogen-bond donors (Lipinski definition) is 0. The summed E-state index contributed by atoms with van der Waals surface area (Å²) in [6.45, 7) is 0.656. The first-order valence-electron chi connectivity index (χ1n) is 11.0. The summed E-state index contributed by atoms with van der Waals surface area (Å²) >= 11 is 1.50. The number of carbonyl (C=O) groups is 1. The molecule has 0 spiro atoms. The lowest BCUT2D eigenvalue weighted by molar-refractivity contribution is -0.193. The molecule has 0 saturated carbocycles. The Morgan fingerprint density at radius 3 is 1.91 bits per heavy atom. The first-order valence-corrected chi connectivity index (χ1v) is 11.9. The van der Waals surface area contributed by atoms with Crippen molar-refractivity contribution in [2.75, 3.05) is 28.3 Å². The van der Waals surface area contributed by atoms with Gasteiger partial charge in [0.05, 0.1) is 27.4 Å². The first kappa shape index (κ1) is 24.5. The molecule has 4 rings (SSSR count). The molecule has 9 heteroatoms. The van der Waals surface area contributed by atoms with Gasteiger partial charge in [0.1, 0.15) is 41.3 Å². The van der Waals surface area contributed by atoms with Crippen molar-refractivity contribution in [1.29, 1.82) is 0 Å². The van der Waals surface area contributed by atoms with Crippen LogP contribution in [0, 0.1) is 0 Å². The van der Waals surface area contributed by atoms with Gasteiger partial charge in [-0.05, 0) is 35.4 Å². The van der Waals surface area contributed by atoms with Crippen LogP contribution >= 0.6 is 11.8 Å². The summed E-state index contributed by atoms with van der Waals surface area (Å²) in [5, 5.41) is 0.841. The Kier molecular flexibility index (Phi) is 8.10. The number of aldehydes is 1. The second-order valence-electron chi connectivity index (χ2n) is 8.27. The van der Waals surface area contributed by atoms with Crippen LogP contribution in [0.5, 0.6) is 11.5 Å². The highest BCUT2D eigenvalue weighted by Gasteiger charge is 2.51. The van der Waals surface area contributed by atoms with Gasteiger partial charge in [-0.1, -0.05) is 36.0 Å². The van der Waals surface area contributed by atoms with E-state index in [4.69, 9.17) is 28.7 Å². The van der Waals surface area contributed by atoms with Gasteiger partial charge in [-0.2, -0.15) is 0 Å². The highest BCUT2D eigenvalue weighted by Crippen LogP contribution is 2.39. The van der Waals surface area contributed by atoms with E-state index in [9.17, 15) is 4.79 Å². The number of amidine groups is 1. The highest BCUT2D eigenvalue weighted by molar-refractivity contribution is 8.14. The predicted octanol–water partition coefficient (Wildman–Crippen LogP) is 3.13. The summed E-state index contributed by atoms with van der Waals surface area (Å²) in [5.41, 5.74) is 1.64. The van der Waals surface area contributed by atoms with Crippen LogP contribution in [0.3, 0.4) is 0 Å². The summed E-state index contributed by atoms with van der Waals surface area (Å²) < 4.78 is 29.2. The molecule has 0 aliphatic carbocycles. The maximum absolute atomic E-state index is 12.0. The quantitative estimate of drug-likeness (QED) is 0.501. The Balaban J connectivity index is 1.54. The number of nitrogens with zero attached hydrogens (tertiary/aromatic N) is 2. The SMILES string of the molecule is COc1ccc(CO[C@@H]2[C@H]3N=C(N(C)C)S[C@H]3O[C@@H](C=O)[C@H]2OCc2ccc(OC)cc2)cc1. The Labute approximate surface area is 204 Å². The van der Waals surface area contributed by atoms with Crippen LogP contribution in [-0.4, -0.2) is 74.5 Å².